The zero-order valence-electron chi connectivity index (χ0n) is 21.3. The van der Waals surface area contributed by atoms with Crippen molar-refractivity contribution in [2.24, 2.45) is 11.8 Å². The Morgan fingerprint density at radius 2 is 1.97 bits per heavy atom. The van der Waals surface area contributed by atoms with Crippen LogP contribution in [0.4, 0.5) is 0 Å². The predicted octanol–water partition coefficient (Wildman–Crippen LogP) is 3.15. The van der Waals surface area contributed by atoms with Crippen molar-refractivity contribution in [2.75, 3.05) is 26.9 Å². The lowest BCUT2D eigenvalue weighted by Crippen LogP contribution is -2.46. The molecule has 0 bridgehead atoms. The Bertz CT molecular complexity index is 999. The van der Waals surface area contributed by atoms with Crippen molar-refractivity contribution in [1.29, 1.82) is 0 Å². The lowest BCUT2D eigenvalue weighted by Gasteiger charge is -2.31. The van der Waals surface area contributed by atoms with Crippen LogP contribution in [0.3, 0.4) is 0 Å². The van der Waals surface area contributed by atoms with E-state index in [9.17, 15) is 14.7 Å². The number of esters is 1. The van der Waals surface area contributed by atoms with E-state index in [0.29, 0.717) is 25.6 Å². The molecule has 0 spiro atoms. The monoisotopic (exact) mass is 500 g/mol. The van der Waals surface area contributed by atoms with E-state index in [1.54, 1.807) is 6.92 Å². The summed E-state index contributed by atoms with van der Waals surface area (Å²) in [5, 5.41) is 12.8. The average Bonchev–Trinajstić information content (AvgIpc) is 2.90. The fraction of sp³-hybridized carbons (Fsp3) is 0.519. The maximum atomic E-state index is 13.0. The van der Waals surface area contributed by atoms with Crippen molar-refractivity contribution in [3.8, 4) is 11.5 Å². The van der Waals surface area contributed by atoms with Gasteiger partial charge in [0.2, 0.25) is 0 Å². The minimum absolute atomic E-state index is 0.0686. The van der Waals surface area contributed by atoms with Gasteiger partial charge >= 0.3 is 5.97 Å². The highest BCUT2D eigenvalue weighted by molar-refractivity contribution is 5.98. The number of hydrogen-bond donors (Lipinski definition) is 2. The van der Waals surface area contributed by atoms with Crippen molar-refractivity contribution < 1.29 is 33.6 Å². The Balaban J connectivity index is 1.76. The molecule has 1 aromatic heterocycles. The number of nitrogens with zero attached hydrogens (tertiary/aromatic N) is 1. The SMILES string of the molecule is COc1ccnc(C(=O)N[C@H]2COC[C@H](Cc3ccccc3)[C@@H](OCCC(C)C)[C@H](C)OC2=O)c1O. The van der Waals surface area contributed by atoms with Crippen LogP contribution in [0.15, 0.2) is 42.6 Å². The number of amides is 1. The molecule has 2 N–H and O–H groups in total. The van der Waals surface area contributed by atoms with Crippen LogP contribution >= 0.6 is 0 Å². The summed E-state index contributed by atoms with van der Waals surface area (Å²) in [7, 11) is 1.37. The molecule has 9 heteroatoms. The molecule has 196 valence electrons. The van der Waals surface area contributed by atoms with Gasteiger partial charge in [-0.2, -0.15) is 0 Å². The highest BCUT2D eigenvalue weighted by Gasteiger charge is 2.36. The third-order valence-corrected chi connectivity index (χ3v) is 6.10. The van der Waals surface area contributed by atoms with Crippen LogP contribution in [0, 0.1) is 11.8 Å². The van der Waals surface area contributed by atoms with Gasteiger partial charge in [-0.1, -0.05) is 44.2 Å². The first kappa shape index (κ1) is 27.4. The van der Waals surface area contributed by atoms with Gasteiger partial charge in [0.05, 0.1) is 26.4 Å². The molecule has 2 heterocycles. The van der Waals surface area contributed by atoms with Crippen LogP contribution in [0.2, 0.25) is 0 Å². The summed E-state index contributed by atoms with van der Waals surface area (Å²) in [4.78, 5) is 29.7. The normalized spacial score (nSPS) is 22.8. The van der Waals surface area contributed by atoms with E-state index in [1.165, 1.54) is 19.4 Å². The van der Waals surface area contributed by atoms with Crippen LogP contribution in [0.1, 0.15) is 43.2 Å². The van der Waals surface area contributed by atoms with Gasteiger partial charge in [-0.25, -0.2) is 9.78 Å². The van der Waals surface area contributed by atoms with Crippen molar-refractivity contribution in [1.82, 2.24) is 10.3 Å². The minimum Gasteiger partial charge on any atom is -0.503 e. The molecule has 1 aromatic carbocycles. The van der Waals surface area contributed by atoms with Gasteiger partial charge in [-0.3, -0.25) is 4.79 Å². The van der Waals surface area contributed by atoms with Crippen molar-refractivity contribution in [2.45, 2.75) is 51.9 Å². The Morgan fingerprint density at radius 3 is 2.67 bits per heavy atom. The molecule has 1 aliphatic rings. The van der Waals surface area contributed by atoms with E-state index >= 15 is 0 Å². The van der Waals surface area contributed by atoms with E-state index in [1.807, 2.05) is 30.3 Å². The maximum Gasteiger partial charge on any atom is 0.331 e. The second-order valence-corrected chi connectivity index (χ2v) is 9.38. The Morgan fingerprint density at radius 1 is 1.22 bits per heavy atom. The number of benzene rings is 1. The maximum absolute atomic E-state index is 13.0. The van der Waals surface area contributed by atoms with Crippen molar-refractivity contribution in [3.63, 3.8) is 0 Å². The van der Waals surface area contributed by atoms with Crippen molar-refractivity contribution >= 4 is 11.9 Å². The lowest BCUT2D eigenvalue weighted by atomic mass is 9.91. The predicted molar refractivity (Wildman–Crippen MR) is 133 cm³/mol. The molecule has 3 rings (SSSR count). The van der Waals surface area contributed by atoms with E-state index < -0.39 is 29.8 Å². The highest BCUT2D eigenvalue weighted by Crippen LogP contribution is 2.28. The largest absolute Gasteiger partial charge is 0.503 e. The fourth-order valence-electron chi connectivity index (χ4n) is 4.11. The van der Waals surface area contributed by atoms with Crippen LogP contribution in [0.5, 0.6) is 11.5 Å². The summed E-state index contributed by atoms with van der Waals surface area (Å²) in [5.41, 5.74) is 0.873. The van der Waals surface area contributed by atoms with E-state index in [0.717, 1.165) is 12.0 Å². The standard InChI is InChI=1S/C27H36N2O7/c1-17(2)11-13-35-25-18(3)36-27(32)21(16-34-15-20(25)14-19-8-6-5-7-9-19)29-26(31)23-24(30)22(33-4)10-12-28-23/h5-10,12,17-18,20-21,25,30H,11,13-16H2,1-4H3,(H,29,31)/t18-,20-,21-,25-/m0/s1. The number of aromatic hydroxyl groups is 1. The van der Waals surface area contributed by atoms with Gasteiger partial charge < -0.3 is 29.4 Å². The van der Waals surface area contributed by atoms with Crippen LogP contribution < -0.4 is 10.1 Å². The van der Waals surface area contributed by atoms with E-state index in [4.69, 9.17) is 18.9 Å². The number of ether oxygens (including phenoxy) is 4. The molecule has 0 unspecified atom stereocenters. The zero-order valence-corrected chi connectivity index (χ0v) is 21.3. The number of cyclic esters (lactones) is 1. The second kappa shape index (κ2) is 13.2. The number of rotatable bonds is 9. The summed E-state index contributed by atoms with van der Waals surface area (Å²) in [6, 6.07) is 10.4. The molecule has 0 aliphatic carbocycles. The number of carbonyl (C=O) groups is 2. The molecular weight excluding hydrogens is 464 g/mol. The molecule has 4 atom stereocenters. The third-order valence-electron chi connectivity index (χ3n) is 6.10. The van der Waals surface area contributed by atoms with Gasteiger partial charge in [0.1, 0.15) is 6.10 Å². The average molecular weight is 501 g/mol. The first-order valence-electron chi connectivity index (χ1n) is 12.3. The summed E-state index contributed by atoms with van der Waals surface area (Å²) in [5.74, 6) is -1.29. The molecular formula is C27H36N2O7. The highest BCUT2D eigenvalue weighted by atomic mass is 16.6. The number of methoxy groups -OCH3 is 1. The summed E-state index contributed by atoms with van der Waals surface area (Å²) in [6.07, 6.45) is 1.95. The van der Waals surface area contributed by atoms with Crippen molar-refractivity contribution in [3.05, 3.63) is 53.9 Å². The first-order valence-corrected chi connectivity index (χ1v) is 12.3. The number of aromatic nitrogens is 1. The first-order chi connectivity index (χ1) is 17.3. The second-order valence-electron chi connectivity index (χ2n) is 9.38. The molecule has 1 aliphatic heterocycles. The van der Waals surface area contributed by atoms with Gasteiger partial charge in [0.15, 0.2) is 23.2 Å². The van der Waals surface area contributed by atoms with Crippen LogP contribution in [0.25, 0.3) is 0 Å². The summed E-state index contributed by atoms with van der Waals surface area (Å²) < 4.78 is 23.0. The van der Waals surface area contributed by atoms with Gasteiger partial charge in [-0.15, -0.1) is 0 Å². The van der Waals surface area contributed by atoms with E-state index in [2.05, 4.69) is 24.1 Å². The number of hydrogen-bond acceptors (Lipinski definition) is 8. The van der Waals surface area contributed by atoms with Gasteiger partial charge in [-0.05, 0) is 31.2 Å². The quantitative estimate of drug-likeness (QED) is 0.505. The Hall–Kier alpha value is -3.17. The topological polar surface area (TPSA) is 116 Å². The van der Waals surface area contributed by atoms with E-state index in [-0.39, 0.29) is 30.1 Å². The molecule has 36 heavy (non-hydrogen) atoms. The Labute approximate surface area is 212 Å². The zero-order chi connectivity index (χ0) is 26.1. The van der Waals surface area contributed by atoms with Gasteiger partial charge in [0.25, 0.3) is 5.91 Å². The molecule has 1 amide bonds. The minimum atomic E-state index is -1.08. The summed E-state index contributed by atoms with van der Waals surface area (Å²) in [6.45, 7) is 6.82. The number of carbonyl (C=O) groups excluding carboxylic acids is 2. The van der Waals surface area contributed by atoms with Crippen LogP contribution in [-0.4, -0.2) is 67.1 Å². The molecule has 0 saturated carbocycles. The molecule has 1 fully saturated rings. The van der Waals surface area contributed by atoms with Crippen LogP contribution in [-0.2, 0) is 25.4 Å². The molecule has 0 radical (unpaired) electrons. The Kier molecular flexibility index (Phi) is 10.1. The molecule has 2 aromatic rings. The third kappa shape index (κ3) is 7.41. The fourth-order valence-corrected chi connectivity index (χ4v) is 4.11. The summed E-state index contributed by atoms with van der Waals surface area (Å²) >= 11 is 0. The smallest absolute Gasteiger partial charge is 0.331 e. The number of nitrogens with one attached hydrogen (secondary N) is 1. The lowest BCUT2D eigenvalue weighted by molar-refractivity contribution is -0.160. The molecule has 1 saturated heterocycles. The molecule has 9 nitrogen and oxygen atoms in total. The number of pyridine rings is 1. The van der Waals surface area contributed by atoms with Gasteiger partial charge in [0, 0.05) is 24.8 Å².